The van der Waals surface area contributed by atoms with Crippen molar-refractivity contribution in [3.8, 4) is 5.75 Å². The summed E-state index contributed by atoms with van der Waals surface area (Å²) in [5, 5.41) is 0.493. The van der Waals surface area contributed by atoms with Crippen molar-refractivity contribution >= 4 is 38.8 Å². The number of sulfone groups is 1. The third kappa shape index (κ3) is 5.43. The molecule has 0 bridgehead atoms. The van der Waals surface area contributed by atoms with Crippen LogP contribution in [-0.2, 0) is 27.6 Å². The molecule has 4 rings (SSSR count). The summed E-state index contributed by atoms with van der Waals surface area (Å²) in [5.41, 5.74) is 7.06. The molecule has 0 aliphatic carbocycles. The van der Waals surface area contributed by atoms with Crippen LogP contribution in [0.4, 0.5) is 10.1 Å². The predicted molar refractivity (Wildman–Crippen MR) is 135 cm³/mol. The van der Waals surface area contributed by atoms with E-state index in [2.05, 4.69) is 0 Å². The Bertz CT molecular complexity index is 1410. The van der Waals surface area contributed by atoms with Crippen molar-refractivity contribution in [1.82, 2.24) is 0 Å². The molecule has 3 aromatic carbocycles. The van der Waals surface area contributed by atoms with Crippen molar-refractivity contribution in [2.45, 2.75) is 30.3 Å². The maximum Gasteiger partial charge on any atom is 0.245 e. The second-order valence-corrected chi connectivity index (χ2v) is 10.9. The number of fused-ring (bicyclic) bond motifs is 1. The van der Waals surface area contributed by atoms with Gasteiger partial charge in [-0.1, -0.05) is 35.9 Å². The van der Waals surface area contributed by atoms with Gasteiger partial charge in [0.05, 0.1) is 41.6 Å². The molecule has 7 nitrogen and oxygen atoms in total. The zero-order valence-corrected chi connectivity index (χ0v) is 21.0. The van der Waals surface area contributed by atoms with Crippen LogP contribution < -0.4 is 15.4 Å². The molecule has 3 aromatic rings. The molecular formula is C26H24ClFN2O5S. The number of carbonyl (C=O) groups excluding carboxylic acids is 2. The quantitative estimate of drug-likeness (QED) is 0.463. The highest BCUT2D eigenvalue weighted by molar-refractivity contribution is 7.91. The lowest BCUT2D eigenvalue weighted by atomic mass is 10.0. The van der Waals surface area contributed by atoms with E-state index in [-0.39, 0.29) is 29.1 Å². The molecule has 1 aliphatic heterocycles. The molecule has 2 N–H and O–H groups in total. The minimum Gasteiger partial charge on any atom is -0.497 e. The number of aryl methyl sites for hydroxylation is 1. The average Bonchev–Trinajstić information content (AvgIpc) is 2.92. The van der Waals surface area contributed by atoms with Crippen LogP contribution in [0.15, 0.2) is 65.6 Å². The highest BCUT2D eigenvalue weighted by Crippen LogP contribution is 2.34. The predicted octanol–water partition coefficient (Wildman–Crippen LogP) is 3.95. The van der Waals surface area contributed by atoms with Gasteiger partial charge in [-0.05, 0) is 53.9 Å². The Morgan fingerprint density at radius 1 is 1.11 bits per heavy atom. The van der Waals surface area contributed by atoms with Crippen LogP contribution in [0.1, 0.15) is 27.9 Å². The monoisotopic (exact) mass is 530 g/mol. The van der Waals surface area contributed by atoms with E-state index in [0.29, 0.717) is 22.8 Å². The van der Waals surface area contributed by atoms with E-state index in [0.717, 1.165) is 17.7 Å². The highest BCUT2D eigenvalue weighted by atomic mass is 35.5. The van der Waals surface area contributed by atoms with Crippen LogP contribution in [0, 0.1) is 5.82 Å². The first kappa shape index (κ1) is 25.8. The van der Waals surface area contributed by atoms with Crippen LogP contribution in [0.2, 0.25) is 5.02 Å². The van der Waals surface area contributed by atoms with Gasteiger partial charge in [-0.15, -0.1) is 0 Å². The number of ketones is 1. The number of Topliss-reactive ketones (excluding diaryl/α,β-unsaturated/α-hetero) is 1. The Hall–Kier alpha value is -3.27. The number of halogens is 2. The molecule has 0 saturated carbocycles. The summed E-state index contributed by atoms with van der Waals surface area (Å²) in [7, 11) is -2.54. The summed E-state index contributed by atoms with van der Waals surface area (Å²) in [4.78, 5) is 26.9. The Morgan fingerprint density at radius 2 is 1.75 bits per heavy atom. The van der Waals surface area contributed by atoms with Crippen molar-refractivity contribution in [1.29, 1.82) is 0 Å². The molecule has 10 heteroatoms. The minimum atomic E-state index is -4.09. The first-order chi connectivity index (χ1) is 17.1. The van der Waals surface area contributed by atoms with E-state index in [9.17, 15) is 18.0 Å². The standard InChI is InChI=1S/C26H24ClFN2O5S/c1-35-19-9-4-16(5-10-19)6-11-24(31)20-12-23-25(13-21(20)28)36(33,34)15-22(29)26(32)30(23)14-17-2-7-18(27)8-3-17/h2-5,7-10,12-13,22H,6,11,14-15,29H2,1H3/t22-/m0/s1. The molecule has 0 fully saturated rings. The third-order valence-corrected chi connectivity index (χ3v) is 8.06. The zero-order valence-electron chi connectivity index (χ0n) is 19.4. The fraction of sp³-hybridized carbons (Fsp3) is 0.231. The minimum absolute atomic E-state index is 0.0145. The maximum absolute atomic E-state index is 15.1. The van der Waals surface area contributed by atoms with Crippen LogP contribution >= 0.6 is 11.6 Å². The number of methoxy groups -OCH3 is 1. The zero-order chi connectivity index (χ0) is 26.0. The van der Waals surface area contributed by atoms with Gasteiger partial charge >= 0.3 is 0 Å². The van der Waals surface area contributed by atoms with Gasteiger partial charge in [0.25, 0.3) is 0 Å². The van der Waals surface area contributed by atoms with Gasteiger partial charge in [0.1, 0.15) is 11.6 Å². The number of hydrogen-bond acceptors (Lipinski definition) is 6. The summed E-state index contributed by atoms with van der Waals surface area (Å²) in [5.74, 6) is -2.12. The van der Waals surface area contributed by atoms with Gasteiger partial charge in [0, 0.05) is 11.4 Å². The third-order valence-electron chi connectivity index (χ3n) is 6.01. The largest absolute Gasteiger partial charge is 0.497 e. The van der Waals surface area contributed by atoms with Gasteiger partial charge in [0.2, 0.25) is 5.91 Å². The number of nitrogens with zero attached hydrogens (tertiary/aromatic N) is 1. The normalized spacial score (nSPS) is 16.8. The molecule has 0 aromatic heterocycles. The van der Waals surface area contributed by atoms with Gasteiger partial charge in [0.15, 0.2) is 15.6 Å². The molecule has 0 radical (unpaired) electrons. The number of anilines is 1. The lowest BCUT2D eigenvalue weighted by Gasteiger charge is -2.25. The molecule has 0 saturated heterocycles. The SMILES string of the molecule is COc1ccc(CCC(=O)c2cc3c(cc2F)S(=O)(=O)C[C@H](N)C(=O)N3Cc2ccc(Cl)cc2)cc1. The van der Waals surface area contributed by atoms with Gasteiger partial charge in [-0.2, -0.15) is 0 Å². The number of hydrogen-bond donors (Lipinski definition) is 1. The van der Waals surface area contributed by atoms with Gasteiger partial charge < -0.3 is 15.4 Å². The van der Waals surface area contributed by atoms with E-state index in [1.165, 1.54) is 4.90 Å². The number of amides is 1. The lowest BCUT2D eigenvalue weighted by molar-refractivity contribution is -0.119. The van der Waals surface area contributed by atoms with E-state index in [4.69, 9.17) is 22.1 Å². The molecule has 1 aliphatic rings. The Balaban J connectivity index is 1.70. The van der Waals surface area contributed by atoms with Gasteiger partial charge in [-0.3, -0.25) is 9.59 Å². The van der Waals surface area contributed by atoms with Crippen LogP contribution in [0.3, 0.4) is 0 Å². The number of carbonyl (C=O) groups is 2. The first-order valence-electron chi connectivity index (χ1n) is 11.1. The first-order valence-corrected chi connectivity index (χ1v) is 13.2. The molecule has 1 atom stereocenters. The van der Waals surface area contributed by atoms with Crippen LogP contribution in [0.5, 0.6) is 5.75 Å². The van der Waals surface area contributed by atoms with Crippen LogP contribution in [-0.4, -0.2) is 39.0 Å². The highest BCUT2D eigenvalue weighted by Gasteiger charge is 2.37. The smallest absolute Gasteiger partial charge is 0.245 e. The maximum atomic E-state index is 15.1. The summed E-state index contributed by atoms with van der Waals surface area (Å²) in [6.45, 7) is -0.0304. The summed E-state index contributed by atoms with van der Waals surface area (Å²) in [6, 6.07) is 14.4. The van der Waals surface area contributed by atoms with E-state index < -0.39 is 39.1 Å². The second-order valence-electron chi connectivity index (χ2n) is 8.51. The second kappa shape index (κ2) is 10.4. The lowest BCUT2D eigenvalue weighted by Crippen LogP contribution is -2.45. The molecular weight excluding hydrogens is 507 g/mol. The molecule has 0 spiro atoms. The Labute approximate surface area is 213 Å². The van der Waals surface area contributed by atoms with Crippen molar-refractivity contribution in [3.05, 3.63) is 88.2 Å². The molecule has 188 valence electrons. The number of nitrogens with two attached hydrogens (primary N) is 1. The van der Waals surface area contributed by atoms with Gasteiger partial charge in [-0.25, -0.2) is 12.8 Å². The fourth-order valence-corrected chi connectivity index (χ4v) is 5.75. The molecule has 36 heavy (non-hydrogen) atoms. The topological polar surface area (TPSA) is 107 Å². The van der Waals surface area contributed by atoms with E-state index in [1.54, 1.807) is 55.6 Å². The van der Waals surface area contributed by atoms with Crippen molar-refractivity contribution in [3.63, 3.8) is 0 Å². The molecule has 0 unspecified atom stereocenters. The van der Waals surface area contributed by atoms with Crippen LogP contribution in [0.25, 0.3) is 0 Å². The fourth-order valence-electron chi connectivity index (χ4n) is 4.05. The summed E-state index contributed by atoms with van der Waals surface area (Å²) < 4.78 is 46.1. The summed E-state index contributed by atoms with van der Waals surface area (Å²) >= 11 is 5.95. The number of benzene rings is 3. The Morgan fingerprint density at radius 3 is 2.39 bits per heavy atom. The molecule has 1 amide bonds. The van der Waals surface area contributed by atoms with Crippen molar-refractivity contribution in [2.24, 2.45) is 5.73 Å². The number of ether oxygens (including phenoxy) is 1. The number of rotatable bonds is 7. The summed E-state index contributed by atoms with van der Waals surface area (Å²) in [6.07, 6.45) is 0.329. The Kier molecular flexibility index (Phi) is 7.44. The average molecular weight is 531 g/mol. The van der Waals surface area contributed by atoms with E-state index in [1.807, 2.05) is 0 Å². The van der Waals surface area contributed by atoms with Crippen molar-refractivity contribution in [2.75, 3.05) is 17.8 Å². The van der Waals surface area contributed by atoms with Crippen molar-refractivity contribution < 1.29 is 27.1 Å². The molecule has 1 heterocycles. The van der Waals surface area contributed by atoms with E-state index >= 15 is 4.39 Å².